The number of hydrogen-bond donors (Lipinski definition) is 7. The highest BCUT2D eigenvalue weighted by atomic mass is 32.1. The van der Waals surface area contributed by atoms with Crippen LogP contribution >= 0.6 is 11.3 Å². The van der Waals surface area contributed by atoms with Gasteiger partial charge in [0.05, 0.1) is 35.5 Å². The number of nitrogens with zero attached hydrogens (tertiary/aromatic N) is 3. The number of anilines is 3. The Bertz CT molecular complexity index is 1260. The summed E-state index contributed by atoms with van der Waals surface area (Å²) >= 11 is 1.28. The number of para-hydroxylation sites is 1. The summed E-state index contributed by atoms with van der Waals surface area (Å²) in [6, 6.07) is 6.48. The van der Waals surface area contributed by atoms with Gasteiger partial charge in [0.25, 0.3) is 5.91 Å². The zero-order chi connectivity index (χ0) is 25.2. The van der Waals surface area contributed by atoms with E-state index in [9.17, 15) is 14.7 Å². The van der Waals surface area contributed by atoms with E-state index in [1.54, 1.807) is 29.7 Å². The third-order valence-electron chi connectivity index (χ3n) is 4.92. The predicted molar refractivity (Wildman–Crippen MR) is 124 cm³/mol. The van der Waals surface area contributed by atoms with E-state index in [2.05, 4.69) is 25.8 Å². The van der Waals surface area contributed by atoms with Gasteiger partial charge in [0.2, 0.25) is 5.91 Å². The molecule has 1 fully saturated rings. The Balaban J connectivity index is 1.72. The number of methoxy groups -OCH3 is 1. The van der Waals surface area contributed by atoms with Crippen molar-refractivity contribution < 1.29 is 34.8 Å². The van der Waals surface area contributed by atoms with E-state index in [4.69, 9.17) is 20.1 Å². The summed E-state index contributed by atoms with van der Waals surface area (Å²) in [5.41, 5.74) is 0.617. The van der Waals surface area contributed by atoms with Crippen LogP contribution in [0.25, 0.3) is 10.6 Å². The molecule has 35 heavy (non-hydrogen) atoms. The van der Waals surface area contributed by atoms with Crippen LogP contribution in [0.15, 0.2) is 30.5 Å². The molecule has 7 N–H and O–H groups in total. The second-order valence-corrected chi connectivity index (χ2v) is 8.76. The van der Waals surface area contributed by atoms with Crippen molar-refractivity contribution in [1.29, 1.82) is 0 Å². The number of thiazole rings is 1. The molecule has 2 amide bonds. The van der Waals surface area contributed by atoms with Crippen LogP contribution in [-0.4, -0.2) is 60.6 Å². The van der Waals surface area contributed by atoms with Gasteiger partial charge in [0.15, 0.2) is 17.3 Å². The molecule has 1 saturated carbocycles. The molecule has 1 aliphatic carbocycles. The molecule has 0 bridgehead atoms. The second-order valence-electron chi connectivity index (χ2n) is 7.65. The lowest BCUT2D eigenvalue weighted by molar-refractivity contribution is -0.323. The molecule has 13 nitrogen and oxygen atoms in total. The Kier molecular flexibility index (Phi) is 6.90. The first-order chi connectivity index (χ1) is 16.7. The third kappa shape index (κ3) is 5.87. The first-order valence-electron chi connectivity index (χ1n) is 10.4. The molecule has 3 aromatic rings. The molecular formula is C21H22N6O7S. The summed E-state index contributed by atoms with van der Waals surface area (Å²) in [5, 5.41) is 52.2. The fourth-order valence-corrected chi connectivity index (χ4v) is 3.97. The standard InChI is InChI=1S/C21H22N6O7S/c1-34-17-12(20-22-8-11(9-28)35-20)3-2-4-13(17)23-14-7-15(24-18(29)10-5-6-10)26-27-16(14)19(30)25-21(31,32)33/h2-4,7-8,10,28,31-33H,5-6,9H2,1H3,(H,25,30)(H2,23,24,26,29). The van der Waals surface area contributed by atoms with Gasteiger partial charge in [-0.1, -0.05) is 6.07 Å². The fourth-order valence-electron chi connectivity index (χ4n) is 3.18. The minimum atomic E-state index is -3.48. The van der Waals surface area contributed by atoms with Crippen LogP contribution in [0.1, 0.15) is 28.2 Å². The molecule has 0 radical (unpaired) electrons. The molecule has 0 unspecified atom stereocenters. The summed E-state index contributed by atoms with van der Waals surface area (Å²) in [6.45, 7) is -0.156. The van der Waals surface area contributed by atoms with Crippen molar-refractivity contribution in [1.82, 2.24) is 20.5 Å². The van der Waals surface area contributed by atoms with E-state index in [1.165, 1.54) is 24.5 Å². The van der Waals surface area contributed by atoms with Crippen molar-refractivity contribution in [3.05, 3.63) is 41.0 Å². The molecular weight excluding hydrogens is 480 g/mol. The van der Waals surface area contributed by atoms with Crippen LogP contribution in [0.4, 0.5) is 17.2 Å². The molecule has 184 valence electrons. The number of amides is 2. The third-order valence-corrected chi connectivity index (χ3v) is 5.93. The van der Waals surface area contributed by atoms with Crippen molar-refractivity contribution in [2.45, 2.75) is 25.5 Å². The molecule has 0 atom stereocenters. The van der Waals surface area contributed by atoms with E-state index >= 15 is 0 Å². The zero-order valence-corrected chi connectivity index (χ0v) is 19.2. The molecule has 14 heteroatoms. The van der Waals surface area contributed by atoms with Gasteiger partial charge in [-0.05, 0) is 25.0 Å². The first-order valence-corrected chi connectivity index (χ1v) is 11.2. The van der Waals surface area contributed by atoms with E-state index < -0.39 is 17.7 Å². The Morgan fingerprint density at radius 3 is 2.60 bits per heavy atom. The number of nitrogens with one attached hydrogen (secondary N) is 3. The van der Waals surface area contributed by atoms with Crippen LogP contribution in [0.5, 0.6) is 5.75 Å². The fraction of sp³-hybridized carbons (Fsp3) is 0.286. The van der Waals surface area contributed by atoms with E-state index in [0.29, 0.717) is 26.9 Å². The predicted octanol–water partition coefficient (Wildman–Crippen LogP) is 0.511. The highest BCUT2D eigenvalue weighted by Crippen LogP contribution is 2.40. The number of hydrogen-bond acceptors (Lipinski definition) is 12. The smallest absolute Gasteiger partial charge is 0.369 e. The number of benzene rings is 1. The number of rotatable bonds is 9. The van der Waals surface area contributed by atoms with Crippen molar-refractivity contribution in [3.8, 4) is 16.3 Å². The monoisotopic (exact) mass is 502 g/mol. The lowest BCUT2D eigenvalue weighted by atomic mass is 10.1. The molecule has 0 aliphatic heterocycles. The maximum atomic E-state index is 12.5. The number of aliphatic hydroxyl groups is 4. The molecule has 1 aliphatic rings. The summed E-state index contributed by atoms with van der Waals surface area (Å²) in [6.07, 6.45) is -0.388. The summed E-state index contributed by atoms with van der Waals surface area (Å²) in [5.74, 6) is -1.07. The molecule has 4 rings (SSSR count). The molecule has 0 spiro atoms. The van der Waals surface area contributed by atoms with Gasteiger partial charge in [0.1, 0.15) is 5.01 Å². The average molecular weight is 503 g/mol. The van der Waals surface area contributed by atoms with Gasteiger partial charge in [-0.3, -0.25) is 14.9 Å². The Labute approximate surface area is 202 Å². The minimum absolute atomic E-state index is 0.0264. The highest BCUT2D eigenvalue weighted by molar-refractivity contribution is 7.15. The number of carbonyl (C=O) groups excluding carboxylic acids is 2. The largest absolute Gasteiger partial charge is 0.494 e. The van der Waals surface area contributed by atoms with Crippen LogP contribution in [0, 0.1) is 5.92 Å². The average Bonchev–Trinajstić information content (AvgIpc) is 3.55. The van der Waals surface area contributed by atoms with Gasteiger partial charge in [-0.15, -0.1) is 21.5 Å². The topological polar surface area (TPSA) is 199 Å². The van der Waals surface area contributed by atoms with Crippen LogP contribution in [0.3, 0.4) is 0 Å². The number of ether oxygens (including phenoxy) is 1. The second kappa shape index (κ2) is 9.89. The minimum Gasteiger partial charge on any atom is -0.494 e. The maximum absolute atomic E-state index is 12.5. The Morgan fingerprint density at radius 2 is 1.97 bits per heavy atom. The van der Waals surface area contributed by atoms with Gasteiger partial charge >= 0.3 is 6.10 Å². The molecule has 2 aromatic heterocycles. The molecule has 1 aromatic carbocycles. The van der Waals surface area contributed by atoms with Crippen molar-refractivity contribution >= 4 is 40.3 Å². The molecule has 2 heterocycles. The summed E-state index contributed by atoms with van der Waals surface area (Å²) in [4.78, 5) is 29.6. The van der Waals surface area contributed by atoms with Crippen LogP contribution in [0.2, 0.25) is 0 Å². The Hall–Kier alpha value is -3.69. The lowest BCUT2D eigenvalue weighted by Crippen LogP contribution is -2.48. The number of aromatic nitrogens is 3. The van der Waals surface area contributed by atoms with Crippen LogP contribution in [-0.2, 0) is 11.4 Å². The quantitative estimate of drug-likeness (QED) is 0.201. The lowest BCUT2D eigenvalue weighted by Gasteiger charge is -2.18. The van der Waals surface area contributed by atoms with Gasteiger partial charge in [-0.25, -0.2) is 4.98 Å². The van der Waals surface area contributed by atoms with E-state index in [1.807, 2.05) is 0 Å². The van der Waals surface area contributed by atoms with E-state index in [-0.39, 0.29) is 29.9 Å². The summed E-state index contributed by atoms with van der Waals surface area (Å²) < 4.78 is 5.58. The SMILES string of the molecule is COc1c(Nc2cc(NC(=O)C3CC3)nnc2C(=O)NC(O)(O)O)cccc1-c1ncc(CO)s1. The number of carbonyl (C=O) groups is 2. The van der Waals surface area contributed by atoms with Gasteiger partial charge in [-0.2, -0.15) is 0 Å². The zero-order valence-electron chi connectivity index (χ0n) is 18.3. The Morgan fingerprint density at radius 1 is 1.20 bits per heavy atom. The highest BCUT2D eigenvalue weighted by Gasteiger charge is 2.31. The number of aliphatic hydroxyl groups excluding tert-OH is 1. The van der Waals surface area contributed by atoms with Crippen molar-refractivity contribution in [3.63, 3.8) is 0 Å². The van der Waals surface area contributed by atoms with Gasteiger partial charge < -0.3 is 35.8 Å². The maximum Gasteiger partial charge on any atom is 0.369 e. The van der Waals surface area contributed by atoms with Gasteiger partial charge in [0, 0.05) is 18.2 Å². The van der Waals surface area contributed by atoms with Crippen molar-refractivity contribution in [2.75, 3.05) is 17.7 Å². The van der Waals surface area contributed by atoms with E-state index in [0.717, 1.165) is 12.8 Å². The van der Waals surface area contributed by atoms with Crippen LogP contribution < -0.4 is 20.7 Å². The first kappa shape index (κ1) is 24.4. The van der Waals surface area contributed by atoms with Crippen molar-refractivity contribution in [2.24, 2.45) is 5.92 Å². The summed E-state index contributed by atoms with van der Waals surface area (Å²) in [7, 11) is 1.45. The normalized spacial score (nSPS) is 13.3. The molecule has 0 saturated heterocycles.